The third-order valence-corrected chi connectivity index (χ3v) is 2.65. The lowest BCUT2D eigenvalue weighted by molar-refractivity contribution is -0.173. The molecule has 2 rings (SSSR count). The van der Waals surface area contributed by atoms with Crippen LogP contribution in [0.3, 0.4) is 0 Å². The van der Waals surface area contributed by atoms with E-state index in [9.17, 15) is 43.9 Å². The molecule has 0 N–H and O–H groups in total. The van der Waals surface area contributed by atoms with Crippen molar-refractivity contribution in [2.75, 3.05) is 0 Å². The summed E-state index contributed by atoms with van der Waals surface area (Å²) in [5.74, 6) is -19.0. The molecule has 2 aliphatic heterocycles. The van der Waals surface area contributed by atoms with Gasteiger partial charge < -0.3 is 0 Å². The molecule has 1 unspecified atom stereocenters. The molecule has 21 heavy (non-hydrogen) atoms. The van der Waals surface area contributed by atoms with E-state index in [-0.39, 0.29) is 0 Å². The largest absolute Gasteiger partial charge is 0.415 e. The maximum atomic E-state index is 13.4. The fourth-order valence-corrected chi connectivity index (χ4v) is 1.78. The molecule has 0 aromatic carbocycles. The van der Waals surface area contributed by atoms with E-state index in [2.05, 4.69) is 0 Å². The molecule has 0 bridgehead atoms. The average molecular weight is 325 g/mol. The van der Waals surface area contributed by atoms with Crippen LogP contribution in [-0.2, 0) is 0 Å². The Morgan fingerprint density at radius 2 is 1.19 bits per heavy atom. The van der Waals surface area contributed by atoms with Gasteiger partial charge in [0, 0.05) is 0 Å². The third kappa shape index (κ3) is 2.02. The van der Waals surface area contributed by atoms with Crippen LogP contribution < -0.4 is 0 Å². The number of allylic oxidation sites excluding steroid dienone is 5. The van der Waals surface area contributed by atoms with Gasteiger partial charge in [-0.05, 0) is 0 Å². The summed E-state index contributed by atoms with van der Waals surface area (Å²) in [5, 5.41) is 0. The SMILES string of the molecule is FC1=C(F)C2=C(F)C(F)=C(F)C(C(F)(F)F)N2C(F)=C1F. The zero-order valence-corrected chi connectivity index (χ0v) is 9.30. The Morgan fingerprint density at radius 1 is 0.667 bits per heavy atom. The van der Waals surface area contributed by atoms with Crippen molar-refractivity contribution in [3.05, 3.63) is 46.6 Å². The van der Waals surface area contributed by atoms with Crippen molar-refractivity contribution in [3.8, 4) is 0 Å². The number of fused-ring (bicyclic) bond motifs is 1. The van der Waals surface area contributed by atoms with Gasteiger partial charge in [0.05, 0.1) is 0 Å². The Morgan fingerprint density at radius 3 is 1.67 bits per heavy atom. The van der Waals surface area contributed by atoms with Crippen molar-refractivity contribution in [3.63, 3.8) is 0 Å². The van der Waals surface area contributed by atoms with Gasteiger partial charge in [0.15, 0.2) is 29.3 Å². The first-order chi connectivity index (χ1) is 9.50. The van der Waals surface area contributed by atoms with Crippen LogP contribution in [0.4, 0.5) is 43.9 Å². The minimum Gasteiger partial charge on any atom is -0.291 e. The molecule has 0 amide bonds. The highest BCUT2D eigenvalue weighted by Crippen LogP contribution is 2.50. The van der Waals surface area contributed by atoms with Gasteiger partial charge in [0.2, 0.25) is 17.6 Å². The highest BCUT2D eigenvalue weighted by atomic mass is 19.4. The van der Waals surface area contributed by atoms with E-state index in [0.29, 0.717) is 0 Å². The molecule has 2 heterocycles. The van der Waals surface area contributed by atoms with Gasteiger partial charge in [-0.3, -0.25) is 4.90 Å². The summed E-state index contributed by atoms with van der Waals surface area (Å²) in [7, 11) is 0. The van der Waals surface area contributed by atoms with Crippen LogP contribution in [-0.4, -0.2) is 17.1 Å². The molecule has 0 aromatic heterocycles. The lowest BCUT2D eigenvalue weighted by Crippen LogP contribution is -2.48. The summed E-state index contributed by atoms with van der Waals surface area (Å²) in [6.45, 7) is 0. The molecule has 0 saturated carbocycles. The van der Waals surface area contributed by atoms with E-state index in [0.717, 1.165) is 0 Å². The zero-order valence-electron chi connectivity index (χ0n) is 9.30. The Bertz CT molecular complexity index is 635. The van der Waals surface area contributed by atoms with E-state index >= 15 is 0 Å². The van der Waals surface area contributed by atoms with Gasteiger partial charge in [-0.25, -0.2) is 22.0 Å². The highest BCUT2D eigenvalue weighted by Gasteiger charge is 2.56. The summed E-state index contributed by atoms with van der Waals surface area (Å²) in [5.41, 5.74) is -2.22. The number of alkyl halides is 3. The number of hydrogen-bond acceptors (Lipinski definition) is 1. The molecule has 1 nitrogen and oxygen atoms in total. The predicted molar refractivity (Wildman–Crippen MR) is 47.5 cm³/mol. The van der Waals surface area contributed by atoms with Crippen LogP contribution in [0.5, 0.6) is 0 Å². The molecule has 116 valence electrons. The van der Waals surface area contributed by atoms with Gasteiger partial charge in [0.1, 0.15) is 5.70 Å². The summed E-state index contributed by atoms with van der Waals surface area (Å²) >= 11 is 0. The Hall–Kier alpha value is -1.94. The quantitative estimate of drug-likeness (QED) is 0.455. The normalized spacial score (nSPS) is 24.3. The number of halogens is 10. The van der Waals surface area contributed by atoms with Gasteiger partial charge in [0.25, 0.3) is 0 Å². The molecule has 1 atom stereocenters. The Labute approximate surface area is 109 Å². The van der Waals surface area contributed by atoms with Crippen molar-refractivity contribution in [1.29, 1.82) is 0 Å². The third-order valence-electron chi connectivity index (χ3n) is 2.65. The maximum Gasteiger partial charge on any atom is 0.415 e. The van der Waals surface area contributed by atoms with Crippen LogP contribution in [0.1, 0.15) is 0 Å². The smallest absolute Gasteiger partial charge is 0.291 e. The average Bonchev–Trinajstić information content (AvgIpc) is 2.38. The second-order valence-electron chi connectivity index (χ2n) is 3.87. The Balaban J connectivity index is 2.82. The minimum atomic E-state index is -5.76. The van der Waals surface area contributed by atoms with Crippen molar-refractivity contribution < 1.29 is 43.9 Å². The van der Waals surface area contributed by atoms with Crippen molar-refractivity contribution >= 4 is 0 Å². The van der Waals surface area contributed by atoms with E-state index < -0.39 is 63.7 Å². The standard InChI is InChI=1S/C10HF10N/c11-1-3(13)7-4(14)2(12)6(16)9(17)21(7)8(5(1)15)10(18,19)20/h8H. The molecule has 0 spiro atoms. The van der Waals surface area contributed by atoms with E-state index in [1.807, 2.05) is 0 Å². The maximum absolute atomic E-state index is 13.4. The minimum absolute atomic E-state index is 1.17. The summed E-state index contributed by atoms with van der Waals surface area (Å²) < 4.78 is 130. The zero-order chi connectivity index (χ0) is 16.3. The molecule has 0 aromatic rings. The number of hydrogen-bond donors (Lipinski definition) is 0. The summed E-state index contributed by atoms with van der Waals surface area (Å²) in [4.78, 5) is -1.17. The first-order valence-corrected chi connectivity index (χ1v) is 4.92. The van der Waals surface area contributed by atoms with Gasteiger partial charge in [-0.1, -0.05) is 0 Å². The van der Waals surface area contributed by atoms with Crippen molar-refractivity contribution in [1.82, 2.24) is 4.90 Å². The second kappa shape index (κ2) is 4.53. The van der Waals surface area contributed by atoms with E-state index in [1.54, 1.807) is 0 Å². The monoisotopic (exact) mass is 325 g/mol. The fraction of sp³-hybridized carbons (Fsp3) is 0.200. The van der Waals surface area contributed by atoms with Crippen LogP contribution in [0.15, 0.2) is 46.6 Å². The molecular formula is C10HF10N. The van der Waals surface area contributed by atoms with Crippen LogP contribution >= 0.6 is 0 Å². The molecular weight excluding hydrogens is 324 g/mol. The summed E-state index contributed by atoms with van der Waals surface area (Å²) in [6.07, 6.45) is -5.76. The van der Waals surface area contributed by atoms with Crippen LogP contribution in [0.2, 0.25) is 0 Å². The first-order valence-electron chi connectivity index (χ1n) is 4.92. The molecule has 11 heteroatoms. The Kier molecular flexibility index (Phi) is 3.33. The van der Waals surface area contributed by atoms with Crippen LogP contribution in [0, 0.1) is 0 Å². The molecule has 2 aliphatic rings. The van der Waals surface area contributed by atoms with E-state index in [1.165, 1.54) is 0 Å². The van der Waals surface area contributed by atoms with Crippen LogP contribution in [0.25, 0.3) is 0 Å². The molecule has 0 saturated heterocycles. The molecule has 0 radical (unpaired) electrons. The lowest BCUT2D eigenvalue weighted by Gasteiger charge is -2.37. The molecule has 0 aliphatic carbocycles. The summed E-state index contributed by atoms with van der Waals surface area (Å²) in [6, 6.07) is -3.86. The van der Waals surface area contributed by atoms with Crippen molar-refractivity contribution in [2.24, 2.45) is 0 Å². The lowest BCUT2D eigenvalue weighted by atomic mass is 10.0. The topological polar surface area (TPSA) is 3.24 Å². The second-order valence-corrected chi connectivity index (χ2v) is 3.87. The molecule has 0 fully saturated rings. The van der Waals surface area contributed by atoms with Gasteiger partial charge in [-0.15, -0.1) is 0 Å². The van der Waals surface area contributed by atoms with E-state index in [4.69, 9.17) is 0 Å². The first kappa shape index (κ1) is 15.4. The van der Waals surface area contributed by atoms with Crippen molar-refractivity contribution in [2.45, 2.75) is 12.2 Å². The fourth-order valence-electron chi connectivity index (χ4n) is 1.78. The number of rotatable bonds is 0. The number of nitrogens with zero attached hydrogens (tertiary/aromatic N) is 1. The van der Waals surface area contributed by atoms with Gasteiger partial charge >= 0.3 is 6.18 Å². The van der Waals surface area contributed by atoms with Gasteiger partial charge in [-0.2, -0.15) is 22.0 Å². The highest BCUT2D eigenvalue weighted by molar-refractivity contribution is 5.50. The predicted octanol–water partition coefficient (Wildman–Crippen LogP) is 4.84.